The molecule has 0 amide bonds. The van der Waals surface area contributed by atoms with E-state index < -0.39 is 0 Å². The predicted octanol–water partition coefficient (Wildman–Crippen LogP) is 5.10. The highest BCUT2D eigenvalue weighted by atomic mass is 16.5. The molecule has 0 fully saturated rings. The summed E-state index contributed by atoms with van der Waals surface area (Å²) in [5.41, 5.74) is 4.29. The smallest absolute Gasteiger partial charge is 0.177 e. The topological polar surface area (TPSA) is 59.7 Å². The molecule has 5 heteroatoms. The number of aryl methyl sites for hydroxylation is 2. The molecule has 0 bridgehead atoms. The molecular formula is C21H22N4O. The van der Waals surface area contributed by atoms with Crippen LogP contribution in [0, 0.1) is 13.8 Å². The normalized spacial score (nSPS) is 11.0. The highest BCUT2D eigenvalue weighted by molar-refractivity contribution is 5.63. The minimum atomic E-state index is 0.569. The summed E-state index contributed by atoms with van der Waals surface area (Å²) >= 11 is 0. The first-order valence-corrected chi connectivity index (χ1v) is 8.57. The zero-order chi connectivity index (χ0) is 18.4. The molecule has 0 saturated carbocycles. The Morgan fingerprint density at radius 2 is 1.77 bits per heavy atom. The standard InChI is InChI=1S/C21H22N4O/c1-15-7-9-17(10-8-15)11-12-22-25-21-14-20(23-16(2)24-21)18-5-4-6-19(13-18)26-3/h4-10,13-14H,11-12H2,1-3H3. The molecule has 3 rings (SSSR count). The van der Waals surface area contributed by atoms with E-state index >= 15 is 0 Å². The first-order chi connectivity index (χ1) is 12.6. The van der Waals surface area contributed by atoms with Gasteiger partial charge in [0, 0.05) is 11.6 Å². The second-order valence-electron chi connectivity index (χ2n) is 6.09. The van der Waals surface area contributed by atoms with E-state index in [4.69, 9.17) is 4.74 Å². The van der Waals surface area contributed by atoms with Crippen molar-refractivity contribution in [2.45, 2.75) is 20.3 Å². The van der Waals surface area contributed by atoms with Crippen LogP contribution in [0.1, 0.15) is 17.0 Å². The zero-order valence-corrected chi connectivity index (χ0v) is 15.3. The third-order valence-corrected chi connectivity index (χ3v) is 3.98. The maximum absolute atomic E-state index is 5.28. The fourth-order valence-electron chi connectivity index (χ4n) is 2.59. The Balaban J connectivity index is 1.71. The van der Waals surface area contributed by atoms with Gasteiger partial charge in [0.15, 0.2) is 5.82 Å². The van der Waals surface area contributed by atoms with Crippen molar-refractivity contribution < 1.29 is 4.74 Å². The number of hydrogen-bond acceptors (Lipinski definition) is 5. The summed E-state index contributed by atoms with van der Waals surface area (Å²) < 4.78 is 5.28. The number of aromatic nitrogens is 2. The van der Waals surface area contributed by atoms with Crippen LogP contribution in [-0.2, 0) is 6.42 Å². The van der Waals surface area contributed by atoms with E-state index in [0.29, 0.717) is 18.2 Å². The van der Waals surface area contributed by atoms with Crippen molar-refractivity contribution in [2.75, 3.05) is 13.7 Å². The Morgan fingerprint density at radius 3 is 2.54 bits per heavy atom. The van der Waals surface area contributed by atoms with Crippen LogP contribution in [0.15, 0.2) is 64.8 Å². The van der Waals surface area contributed by atoms with E-state index in [1.54, 1.807) is 7.11 Å². The van der Waals surface area contributed by atoms with E-state index in [0.717, 1.165) is 23.4 Å². The van der Waals surface area contributed by atoms with Crippen molar-refractivity contribution in [1.29, 1.82) is 0 Å². The monoisotopic (exact) mass is 346 g/mol. The summed E-state index contributed by atoms with van der Waals surface area (Å²) in [5, 5.41) is 8.55. The number of nitrogens with zero attached hydrogens (tertiary/aromatic N) is 4. The second-order valence-corrected chi connectivity index (χ2v) is 6.09. The fraction of sp³-hybridized carbons (Fsp3) is 0.238. The van der Waals surface area contributed by atoms with Crippen LogP contribution in [-0.4, -0.2) is 23.6 Å². The Hall–Kier alpha value is -3.08. The predicted molar refractivity (Wildman–Crippen MR) is 103 cm³/mol. The first-order valence-electron chi connectivity index (χ1n) is 8.57. The first kappa shape index (κ1) is 17.7. The van der Waals surface area contributed by atoms with Gasteiger partial charge in [-0.3, -0.25) is 0 Å². The third-order valence-electron chi connectivity index (χ3n) is 3.98. The Morgan fingerprint density at radius 1 is 0.962 bits per heavy atom. The van der Waals surface area contributed by atoms with Crippen LogP contribution in [0.25, 0.3) is 11.3 Å². The molecule has 132 valence electrons. The largest absolute Gasteiger partial charge is 0.497 e. The molecule has 0 N–H and O–H groups in total. The highest BCUT2D eigenvalue weighted by Gasteiger charge is 2.05. The lowest BCUT2D eigenvalue weighted by atomic mass is 10.1. The molecule has 5 nitrogen and oxygen atoms in total. The second kappa shape index (κ2) is 8.34. The van der Waals surface area contributed by atoms with E-state index in [-0.39, 0.29) is 0 Å². The van der Waals surface area contributed by atoms with Crippen LogP contribution >= 0.6 is 0 Å². The molecular weight excluding hydrogens is 324 g/mol. The molecule has 26 heavy (non-hydrogen) atoms. The Kier molecular flexibility index (Phi) is 5.69. The van der Waals surface area contributed by atoms with E-state index in [1.807, 2.05) is 37.3 Å². The van der Waals surface area contributed by atoms with Gasteiger partial charge in [-0.15, -0.1) is 5.11 Å². The summed E-state index contributed by atoms with van der Waals surface area (Å²) in [7, 11) is 1.65. The molecule has 1 aromatic heterocycles. The highest BCUT2D eigenvalue weighted by Crippen LogP contribution is 2.24. The molecule has 0 spiro atoms. The number of ether oxygens (including phenoxy) is 1. The number of hydrogen-bond donors (Lipinski definition) is 0. The maximum atomic E-state index is 5.28. The number of methoxy groups -OCH3 is 1. The van der Waals surface area contributed by atoms with Crippen molar-refractivity contribution in [2.24, 2.45) is 10.2 Å². The molecule has 0 unspecified atom stereocenters. The Bertz CT molecular complexity index is 904. The summed E-state index contributed by atoms with van der Waals surface area (Å²) in [6.07, 6.45) is 0.858. The average molecular weight is 346 g/mol. The van der Waals surface area contributed by atoms with Gasteiger partial charge in [-0.05, 0) is 38.0 Å². The van der Waals surface area contributed by atoms with Crippen molar-refractivity contribution in [3.8, 4) is 17.0 Å². The molecule has 0 saturated heterocycles. The van der Waals surface area contributed by atoms with Crippen LogP contribution in [0.5, 0.6) is 5.75 Å². The number of rotatable bonds is 6. The lowest BCUT2D eigenvalue weighted by molar-refractivity contribution is 0.415. The van der Waals surface area contributed by atoms with Crippen LogP contribution in [0.3, 0.4) is 0 Å². The summed E-state index contributed by atoms with van der Waals surface area (Å²) in [5.74, 6) is 2.03. The SMILES string of the molecule is COc1cccc(-c2cc(N=NCCc3ccc(C)cc3)nc(C)n2)c1. The zero-order valence-electron chi connectivity index (χ0n) is 15.3. The Labute approximate surface area is 153 Å². The van der Waals surface area contributed by atoms with Gasteiger partial charge in [0.25, 0.3) is 0 Å². The summed E-state index contributed by atoms with van der Waals surface area (Å²) in [6.45, 7) is 4.57. The minimum Gasteiger partial charge on any atom is -0.497 e. The quantitative estimate of drug-likeness (QED) is 0.584. The lowest BCUT2D eigenvalue weighted by Gasteiger charge is -2.05. The maximum Gasteiger partial charge on any atom is 0.177 e. The molecule has 2 aromatic carbocycles. The summed E-state index contributed by atoms with van der Waals surface area (Å²) in [6, 6.07) is 18.1. The molecule has 0 aliphatic carbocycles. The lowest BCUT2D eigenvalue weighted by Crippen LogP contribution is -1.92. The fourth-order valence-corrected chi connectivity index (χ4v) is 2.59. The van der Waals surface area contributed by atoms with Gasteiger partial charge in [-0.2, -0.15) is 5.11 Å². The molecule has 1 heterocycles. The number of azo groups is 1. The van der Waals surface area contributed by atoms with Gasteiger partial charge in [0.1, 0.15) is 11.6 Å². The number of benzene rings is 2. The van der Waals surface area contributed by atoms with Crippen LogP contribution < -0.4 is 4.74 Å². The van der Waals surface area contributed by atoms with Gasteiger partial charge in [-0.1, -0.05) is 42.0 Å². The molecule has 0 radical (unpaired) electrons. The van der Waals surface area contributed by atoms with Gasteiger partial charge in [0.05, 0.1) is 19.3 Å². The average Bonchev–Trinajstić information content (AvgIpc) is 2.66. The van der Waals surface area contributed by atoms with Crippen LogP contribution in [0.2, 0.25) is 0 Å². The van der Waals surface area contributed by atoms with Crippen LogP contribution in [0.4, 0.5) is 5.82 Å². The van der Waals surface area contributed by atoms with Gasteiger partial charge >= 0.3 is 0 Å². The van der Waals surface area contributed by atoms with Gasteiger partial charge in [-0.25, -0.2) is 9.97 Å². The van der Waals surface area contributed by atoms with Crippen molar-refractivity contribution >= 4 is 5.82 Å². The molecule has 3 aromatic rings. The van der Waals surface area contributed by atoms with E-state index in [9.17, 15) is 0 Å². The van der Waals surface area contributed by atoms with Crippen molar-refractivity contribution in [3.05, 3.63) is 71.5 Å². The van der Waals surface area contributed by atoms with Gasteiger partial charge < -0.3 is 4.74 Å². The minimum absolute atomic E-state index is 0.569. The van der Waals surface area contributed by atoms with E-state index in [1.165, 1.54) is 11.1 Å². The molecule has 0 atom stereocenters. The third kappa shape index (κ3) is 4.72. The molecule has 0 aliphatic heterocycles. The van der Waals surface area contributed by atoms with Crippen molar-refractivity contribution in [1.82, 2.24) is 9.97 Å². The van der Waals surface area contributed by atoms with Crippen molar-refractivity contribution in [3.63, 3.8) is 0 Å². The molecule has 0 aliphatic rings. The van der Waals surface area contributed by atoms with E-state index in [2.05, 4.69) is 51.4 Å². The summed E-state index contributed by atoms with van der Waals surface area (Å²) in [4.78, 5) is 8.85. The van der Waals surface area contributed by atoms with Gasteiger partial charge in [0.2, 0.25) is 0 Å².